The summed E-state index contributed by atoms with van der Waals surface area (Å²) in [6, 6.07) is 15.7. The molecule has 0 saturated carbocycles. The monoisotopic (exact) mass is 268 g/mol. The van der Waals surface area contributed by atoms with Gasteiger partial charge in [-0.3, -0.25) is 0 Å². The fourth-order valence-electron chi connectivity index (χ4n) is 1.87. The van der Waals surface area contributed by atoms with Gasteiger partial charge in [-0.25, -0.2) is 0 Å². The molecular formula is C18H15P. The van der Waals surface area contributed by atoms with E-state index in [-0.39, 0.29) is 36.3 Å². The van der Waals surface area contributed by atoms with Gasteiger partial charge in [-0.05, 0) is 23.8 Å². The molecule has 0 aromatic heterocycles. The van der Waals surface area contributed by atoms with E-state index in [1.54, 1.807) is 36.4 Å². The molecule has 0 aliphatic carbocycles. The maximum Gasteiger partial charge on any atom is 0.0623 e. The Bertz CT molecular complexity index is 758. The van der Waals surface area contributed by atoms with E-state index < -0.39 is 7.92 Å². The molecule has 0 heterocycles. The van der Waals surface area contributed by atoms with E-state index in [4.69, 9.17) is 8.22 Å². The lowest BCUT2D eigenvalue weighted by Gasteiger charge is -2.18. The van der Waals surface area contributed by atoms with Gasteiger partial charge in [-0.15, -0.1) is 0 Å². The summed E-state index contributed by atoms with van der Waals surface area (Å²) in [5.74, 6) is 0. The molecule has 0 N–H and O–H groups in total. The molecule has 0 aliphatic rings. The Morgan fingerprint density at radius 2 is 0.789 bits per heavy atom. The van der Waals surface area contributed by atoms with E-state index in [2.05, 4.69) is 0 Å². The zero-order chi connectivity index (χ0) is 18.1. The van der Waals surface area contributed by atoms with Crippen molar-refractivity contribution in [1.82, 2.24) is 0 Å². The van der Waals surface area contributed by atoms with Gasteiger partial charge in [0.1, 0.15) is 0 Å². The minimum Gasteiger partial charge on any atom is -0.0622 e. The van der Waals surface area contributed by atoms with Crippen LogP contribution in [0.4, 0.5) is 0 Å². The molecule has 19 heavy (non-hydrogen) atoms. The van der Waals surface area contributed by atoms with Crippen LogP contribution in [0.3, 0.4) is 0 Å². The molecule has 92 valence electrons. The first kappa shape index (κ1) is 7.03. The van der Waals surface area contributed by atoms with Gasteiger partial charge in [0.15, 0.2) is 0 Å². The molecule has 3 aromatic carbocycles. The molecule has 0 unspecified atom stereocenters. The second-order valence-corrected chi connectivity index (χ2v) is 6.13. The summed E-state index contributed by atoms with van der Waals surface area (Å²) < 4.78 is 47.4. The molecule has 0 radical (unpaired) electrons. The van der Waals surface area contributed by atoms with Gasteiger partial charge < -0.3 is 0 Å². The fourth-order valence-corrected chi connectivity index (χ4v) is 3.98. The third-order valence-corrected chi connectivity index (χ3v) is 4.99. The Kier molecular flexibility index (Phi) is 2.15. The van der Waals surface area contributed by atoms with Gasteiger partial charge in [0, 0.05) is 0 Å². The molecule has 0 nitrogen and oxygen atoms in total. The van der Waals surface area contributed by atoms with Crippen LogP contribution in [0.1, 0.15) is 8.22 Å². The topological polar surface area (TPSA) is 0 Å². The molecule has 0 amide bonds. The summed E-state index contributed by atoms with van der Waals surface area (Å²) in [6.07, 6.45) is 0. The van der Waals surface area contributed by atoms with Crippen LogP contribution in [0.15, 0.2) is 90.9 Å². The Labute approximate surface area is 123 Å². The molecule has 0 aliphatic heterocycles. The maximum atomic E-state index is 7.91. The third-order valence-electron chi connectivity index (χ3n) is 2.66. The molecule has 3 aromatic rings. The highest BCUT2D eigenvalue weighted by molar-refractivity contribution is 7.79. The molecule has 0 spiro atoms. The van der Waals surface area contributed by atoms with Gasteiger partial charge in [0.25, 0.3) is 0 Å². The van der Waals surface area contributed by atoms with Crippen LogP contribution in [0.5, 0.6) is 0 Å². The second kappa shape index (κ2) is 5.82. The summed E-state index contributed by atoms with van der Waals surface area (Å²) in [4.78, 5) is 0. The summed E-state index contributed by atoms with van der Waals surface area (Å²) in [7, 11) is -1.26. The maximum absolute atomic E-state index is 7.91. The van der Waals surface area contributed by atoms with Crippen molar-refractivity contribution in [2.75, 3.05) is 0 Å². The van der Waals surface area contributed by atoms with Crippen LogP contribution < -0.4 is 15.9 Å². The van der Waals surface area contributed by atoms with Crippen molar-refractivity contribution >= 4 is 23.8 Å². The second-order valence-electron chi connectivity index (χ2n) is 3.91. The Morgan fingerprint density at radius 1 is 0.526 bits per heavy atom. The minimum atomic E-state index is -1.26. The Balaban J connectivity index is 2.27. The van der Waals surface area contributed by atoms with Crippen LogP contribution in [-0.4, -0.2) is 0 Å². The van der Waals surface area contributed by atoms with Crippen LogP contribution in [0.25, 0.3) is 0 Å². The van der Waals surface area contributed by atoms with E-state index in [0.717, 1.165) is 15.9 Å². The molecular weight excluding hydrogens is 247 g/mol. The van der Waals surface area contributed by atoms with Gasteiger partial charge >= 0.3 is 0 Å². The van der Waals surface area contributed by atoms with Gasteiger partial charge in [0.2, 0.25) is 0 Å². The number of benzene rings is 3. The standard InChI is InChI=1S/C18H15P/c1-4-10-16(11-5-1)19(17-12-6-2-7-13-17)18-14-8-3-9-15-18/h1-15H/i4D,5D,6D,7D,8D,9D. The van der Waals surface area contributed by atoms with Crippen molar-refractivity contribution in [1.29, 1.82) is 0 Å². The first-order chi connectivity index (χ1) is 11.8. The van der Waals surface area contributed by atoms with Crippen LogP contribution in [0.2, 0.25) is 0 Å². The van der Waals surface area contributed by atoms with Crippen molar-refractivity contribution < 1.29 is 8.22 Å². The average Bonchev–Trinajstić information content (AvgIpc) is 2.44. The van der Waals surface area contributed by atoms with Crippen LogP contribution in [0, 0.1) is 0 Å². The highest BCUT2D eigenvalue weighted by Crippen LogP contribution is 2.32. The Hall–Kier alpha value is -1.91. The quantitative estimate of drug-likeness (QED) is 0.638. The number of hydrogen-bond donors (Lipinski definition) is 0. The van der Waals surface area contributed by atoms with E-state index >= 15 is 0 Å². The van der Waals surface area contributed by atoms with E-state index in [0.29, 0.717) is 0 Å². The molecule has 0 fully saturated rings. The number of rotatable bonds is 3. The van der Waals surface area contributed by atoms with E-state index in [1.807, 2.05) is 0 Å². The summed E-state index contributed by atoms with van der Waals surface area (Å²) >= 11 is 0. The first-order valence-electron chi connectivity index (χ1n) is 8.87. The normalized spacial score (nSPS) is 15.0. The summed E-state index contributed by atoms with van der Waals surface area (Å²) in [5, 5.41) is 2.22. The van der Waals surface area contributed by atoms with Crippen LogP contribution in [-0.2, 0) is 0 Å². The van der Waals surface area contributed by atoms with Crippen LogP contribution >= 0.6 is 7.92 Å². The number of hydrogen-bond acceptors (Lipinski definition) is 0. The zero-order valence-corrected chi connectivity index (χ0v) is 11.0. The van der Waals surface area contributed by atoms with E-state index in [9.17, 15) is 0 Å². The van der Waals surface area contributed by atoms with Gasteiger partial charge in [-0.1, -0.05) is 90.9 Å². The lowest BCUT2D eigenvalue weighted by molar-refractivity contribution is 1.74. The van der Waals surface area contributed by atoms with Gasteiger partial charge in [-0.2, -0.15) is 0 Å². The molecule has 1 heteroatoms. The largest absolute Gasteiger partial charge is 0.0623 e. The minimum absolute atomic E-state index is 0.219. The van der Waals surface area contributed by atoms with Crippen molar-refractivity contribution in [2.24, 2.45) is 0 Å². The predicted molar refractivity (Wildman–Crippen MR) is 85.1 cm³/mol. The molecule has 3 rings (SSSR count). The van der Waals surface area contributed by atoms with Crippen molar-refractivity contribution in [3.05, 3.63) is 90.9 Å². The SMILES string of the molecule is [2H]c1cc([2H])cc(P(c2cc([2H])cc([2H])c2)c2cc([2H])cc([2H])c2)c1. The molecule has 0 bridgehead atoms. The molecule has 0 saturated heterocycles. The highest BCUT2D eigenvalue weighted by atomic mass is 31.1. The van der Waals surface area contributed by atoms with Crippen molar-refractivity contribution in [3.8, 4) is 0 Å². The van der Waals surface area contributed by atoms with Crippen molar-refractivity contribution in [3.63, 3.8) is 0 Å². The van der Waals surface area contributed by atoms with E-state index in [1.165, 1.54) is 18.2 Å². The lowest BCUT2D eigenvalue weighted by Crippen LogP contribution is -2.20. The smallest absolute Gasteiger partial charge is 0.0622 e. The van der Waals surface area contributed by atoms with Gasteiger partial charge in [0.05, 0.1) is 8.22 Å². The average molecular weight is 268 g/mol. The van der Waals surface area contributed by atoms with Crippen molar-refractivity contribution in [2.45, 2.75) is 0 Å². The third kappa shape index (κ3) is 2.75. The molecule has 0 atom stereocenters. The summed E-state index contributed by atoms with van der Waals surface area (Å²) in [6.45, 7) is 0. The lowest BCUT2D eigenvalue weighted by atomic mass is 10.4. The summed E-state index contributed by atoms with van der Waals surface area (Å²) in [5.41, 5.74) is 0. The Morgan fingerprint density at radius 3 is 1.05 bits per heavy atom. The predicted octanol–water partition coefficient (Wildman–Crippen LogP) is 3.44. The zero-order valence-electron chi connectivity index (χ0n) is 16.1. The fraction of sp³-hybridized carbons (Fsp3) is 0. The highest BCUT2D eigenvalue weighted by Gasteiger charge is 2.14. The first-order valence-corrected chi connectivity index (χ1v) is 7.21.